The molecule has 0 radical (unpaired) electrons. The summed E-state index contributed by atoms with van der Waals surface area (Å²) in [7, 11) is -4.31. The van der Waals surface area contributed by atoms with Gasteiger partial charge in [0.1, 0.15) is 17.5 Å². The van der Waals surface area contributed by atoms with Gasteiger partial charge in [-0.25, -0.2) is 0 Å². The molecule has 0 heterocycles. The Morgan fingerprint density at radius 1 is 1.38 bits per heavy atom. The molecule has 6 heteroatoms. The van der Waals surface area contributed by atoms with Crippen LogP contribution in [0.4, 0.5) is 0 Å². The lowest BCUT2D eigenvalue weighted by atomic mass is 9.95. The number of hydrogen-bond acceptors (Lipinski definition) is 4. The van der Waals surface area contributed by atoms with Gasteiger partial charge in [0.05, 0.1) is 0 Å². The van der Waals surface area contributed by atoms with Gasteiger partial charge in [-0.05, 0) is 6.08 Å². The molecule has 5 nitrogen and oxygen atoms in total. The van der Waals surface area contributed by atoms with E-state index in [1.807, 2.05) is 0 Å². The maximum Gasteiger partial charge on any atom is 0.268 e. The highest BCUT2D eigenvalue weighted by Gasteiger charge is 2.37. The van der Waals surface area contributed by atoms with Gasteiger partial charge < -0.3 is 10.2 Å². The van der Waals surface area contributed by atoms with E-state index in [9.17, 15) is 18.6 Å². The van der Waals surface area contributed by atoms with Gasteiger partial charge in [-0.2, -0.15) is 8.42 Å². The molecule has 1 aliphatic rings. The molecule has 0 bridgehead atoms. The fraction of sp³-hybridized carbons (Fsp3) is 0.429. The Kier molecular flexibility index (Phi) is 2.58. The topological polar surface area (TPSA) is 94.8 Å². The summed E-state index contributed by atoms with van der Waals surface area (Å²) in [6.07, 6.45) is 3.93. The van der Waals surface area contributed by atoms with Crippen LogP contribution in [0.15, 0.2) is 24.3 Å². The highest BCUT2D eigenvalue weighted by atomic mass is 32.2. The highest BCUT2D eigenvalue weighted by molar-refractivity contribution is 7.85. The molecule has 2 atom stereocenters. The number of allylic oxidation sites excluding steroid dienone is 2. The highest BCUT2D eigenvalue weighted by Crippen LogP contribution is 2.19. The third kappa shape index (κ3) is 2.63. The van der Waals surface area contributed by atoms with Crippen molar-refractivity contribution in [3.05, 3.63) is 24.3 Å². The molecular formula is C7H10O5S. The molecule has 0 amide bonds. The zero-order valence-electron chi connectivity index (χ0n) is 6.66. The van der Waals surface area contributed by atoms with Gasteiger partial charge in [0, 0.05) is 0 Å². The lowest BCUT2D eigenvalue weighted by Gasteiger charge is -2.28. The first-order chi connectivity index (χ1) is 5.83. The average molecular weight is 206 g/mol. The van der Waals surface area contributed by atoms with Crippen molar-refractivity contribution in [2.24, 2.45) is 0 Å². The molecule has 0 aromatic carbocycles. The Morgan fingerprint density at radius 3 is 2.46 bits per heavy atom. The number of aliphatic hydroxyl groups excluding tert-OH is 1. The maximum absolute atomic E-state index is 10.5. The van der Waals surface area contributed by atoms with Crippen LogP contribution in [0, 0.1) is 0 Å². The van der Waals surface area contributed by atoms with Crippen LogP contribution in [0.2, 0.25) is 0 Å². The summed E-state index contributed by atoms with van der Waals surface area (Å²) in [6, 6.07) is 0. The molecule has 0 spiro atoms. The minimum Gasteiger partial charge on any atom is -0.386 e. The van der Waals surface area contributed by atoms with Crippen LogP contribution in [0.25, 0.3) is 0 Å². The van der Waals surface area contributed by atoms with Crippen molar-refractivity contribution in [3.8, 4) is 0 Å². The third-order valence-electron chi connectivity index (χ3n) is 1.72. The summed E-state index contributed by atoms with van der Waals surface area (Å²) >= 11 is 0. The molecule has 0 saturated heterocycles. The minimum absolute atomic E-state index is 0.915. The van der Waals surface area contributed by atoms with Gasteiger partial charge in [-0.1, -0.05) is 18.2 Å². The van der Waals surface area contributed by atoms with Crippen LogP contribution >= 0.6 is 0 Å². The van der Waals surface area contributed by atoms with E-state index in [1.54, 1.807) is 0 Å². The lowest BCUT2D eigenvalue weighted by molar-refractivity contribution is 0.000837. The van der Waals surface area contributed by atoms with E-state index in [-0.39, 0.29) is 0 Å². The van der Waals surface area contributed by atoms with E-state index in [0.29, 0.717) is 0 Å². The summed E-state index contributed by atoms with van der Waals surface area (Å²) in [5, 5.41) is 18.8. The first-order valence-corrected chi connectivity index (χ1v) is 5.16. The minimum atomic E-state index is -4.31. The molecule has 74 valence electrons. The fourth-order valence-corrected chi connectivity index (χ4v) is 1.93. The summed E-state index contributed by atoms with van der Waals surface area (Å²) in [5.74, 6) is -0.915. The molecule has 0 aromatic rings. The van der Waals surface area contributed by atoms with E-state index >= 15 is 0 Å². The predicted octanol–water partition coefficient (Wildman–Crippen LogP) is -0.908. The Hall–Kier alpha value is -0.690. The van der Waals surface area contributed by atoms with Crippen molar-refractivity contribution in [2.75, 3.05) is 5.75 Å². The molecule has 1 aliphatic carbocycles. The maximum atomic E-state index is 10.5. The van der Waals surface area contributed by atoms with Crippen LogP contribution in [-0.2, 0) is 10.1 Å². The zero-order valence-corrected chi connectivity index (χ0v) is 7.48. The van der Waals surface area contributed by atoms with Gasteiger partial charge in [0.25, 0.3) is 10.1 Å². The second kappa shape index (κ2) is 3.22. The number of aliphatic hydroxyl groups is 2. The van der Waals surface area contributed by atoms with Crippen molar-refractivity contribution in [1.82, 2.24) is 0 Å². The average Bonchev–Trinajstić information content (AvgIpc) is 1.92. The Morgan fingerprint density at radius 2 is 2.00 bits per heavy atom. The first kappa shape index (κ1) is 10.4. The molecule has 13 heavy (non-hydrogen) atoms. The van der Waals surface area contributed by atoms with E-state index in [2.05, 4.69) is 0 Å². The van der Waals surface area contributed by atoms with Gasteiger partial charge in [0.2, 0.25) is 0 Å². The predicted molar refractivity (Wildman–Crippen MR) is 45.7 cm³/mol. The monoisotopic (exact) mass is 206 g/mol. The van der Waals surface area contributed by atoms with E-state index < -0.39 is 27.6 Å². The van der Waals surface area contributed by atoms with Crippen LogP contribution in [-0.4, -0.2) is 40.6 Å². The quantitative estimate of drug-likeness (QED) is 0.508. The van der Waals surface area contributed by atoms with Crippen molar-refractivity contribution in [1.29, 1.82) is 0 Å². The molecule has 0 saturated carbocycles. The van der Waals surface area contributed by atoms with E-state index in [1.165, 1.54) is 18.2 Å². The molecule has 0 aliphatic heterocycles. The third-order valence-corrected chi connectivity index (χ3v) is 2.54. The molecule has 1 rings (SSSR count). The summed E-state index contributed by atoms with van der Waals surface area (Å²) < 4.78 is 29.4. The van der Waals surface area contributed by atoms with Crippen LogP contribution in [0.5, 0.6) is 0 Å². The summed E-state index contributed by atoms with van der Waals surface area (Å²) in [5.41, 5.74) is -1.93. The molecule has 0 aromatic heterocycles. The SMILES string of the molecule is O=S(=O)(O)CC1(O)C=CC=CC1O. The normalized spacial score (nSPS) is 33.6. The Bertz CT molecular complexity index is 342. The second-order valence-corrected chi connectivity index (χ2v) is 4.36. The van der Waals surface area contributed by atoms with Crippen molar-refractivity contribution < 1.29 is 23.2 Å². The largest absolute Gasteiger partial charge is 0.386 e. The zero-order chi connectivity index (χ0) is 10.1. The van der Waals surface area contributed by atoms with Crippen LogP contribution in [0.3, 0.4) is 0 Å². The summed E-state index contributed by atoms with van der Waals surface area (Å²) in [4.78, 5) is 0. The Balaban J connectivity index is 2.89. The summed E-state index contributed by atoms with van der Waals surface area (Å²) in [6.45, 7) is 0. The van der Waals surface area contributed by atoms with Crippen LogP contribution < -0.4 is 0 Å². The van der Waals surface area contributed by atoms with Crippen molar-refractivity contribution in [3.63, 3.8) is 0 Å². The lowest BCUT2D eigenvalue weighted by Crippen LogP contribution is -2.46. The standard InChI is InChI=1S/C7H10O5S/c8-6-3-1-2-4-7(6,9)5-13(10,11)12/h1-4,6,8-9H,5H2,(H,10,11,12). The van der Waals surface area contributed by atoms with Gasteiger partial charge in [0.15, 0.2) is 0 Å². The number of hydrogen-bond donors (Lipinski definition) is 3. The van der Waals surface area contributed by atoms with Gasteiger partial charge in [-0.15, -0.1) is 0 Å². The first-order valence-electron chi connectivity index (χ1n) is 3.55. The second-order valence-electron chi connectivity index (χ2n) is 2.91. The van der Waals surface area contributed by atoms with Gasteiger partial charge >= 0.3 is 0 Å². The molecule has 3 N–H and O–H groups in total. The van der Waals surface area contributed by atoms with Crippen LogP contribution in [0.1, 0.15) is 0 Å². The smallest absolute Gasteiger partial charge is 0.268 e. The van der Waals surface area contributed by atoms with E-state index in [4.69, 9.17) is 4.55 Å². The van der Waals surface area contributed by atoms with E-state index in [0.717, 1.165) is 6.08 Å². The number of rotatable bonds is 2. The van der Waals surface area contributed by atoms with Crippen molar-refractivity contribution >= 4 is 10.1 Å². The fourth-order valence-electron chi connectivity index (χ4n) is 1.08. The van der Waals surface area contributed by atoms with Crippen molar-refractivity contribution in [2.45, 2.75) is 11.7 Å². The molecular weight excluding hydrogens is 196 g/mol. The van der Waals surface area contributed by atoms with Gasteiger partial charge in [-0.3, -0.25) is 4.55 Å². The molecule has 0 fully saturated rings. The molecule has 2 unspecified atom stereocenters. The Labute approximate surface area is 75.8 Å².